The molecule has 0 aliphatic heterocycles. The van der Waals surface area contributed by atoms with Gasteiger partial charge in [0.15, 0.2) is 0 Å². The molecule has 1 heterocycles. The highest BCUT2D eigenvalue weighted by Gasteiger charge is 2.18. The molecule has 2 rings (SSSR count). The summed E-state index contributed by atoms with van der Waals surface area (Å²) >= 11 is 0. The third-order valence-electron chi connectivity index (χ3n) is 3.56. The van der Waals surface area contributed by atoms with E-state index in [0.29, 0.717) is 24.2 Å². The predicted molar refractivity (Wildman–Crippen MR) is 91.9 cm³/mol. The summed E-state index contributed by atoms with van der Waals surface area (Å²) in [6.45, 7) is 5.00. The minimum Gasteiger partial charge on any atom is -0.477 e. The van der Waals surface area contributed by atoms with Gasteiger partial charge in [0.25, 0.3) is 5.91 Å². The predicted octanol–water partition coefficient (Wildman–Crippen LogP) is 2.95. The third-order valence-corrected chi connectivity index (χ3v) is 3.56. The van der Waals surface area contributed by atoms with Gasteiger partial charge in [0, 0.05) is 19.3 Å². The molecule has 0 fully saturated rings. The number of nitrogens with zero attached hydrogens (tertiary/aromatic N) is 3. The van der Waals surface area contributed by atoms with Gasteiger partial charge in [-0.05, 0) is 35.7 Å². The monoisotopic (exact) mass is 337 g/mol. The van der Waals surface area contributed by atoms with E-state index in [1.807, 2.05) is 26.0 Å². The molecule has 25 heavy (non-hydrogen) atoms. The normalized spacial score (nSPS) is 10.3. The van der Waals surface area contributed by atoms with Gasteiger partial charge < -0.3 is 10.0 Å². The van der Waals surface area contributed by atoms with E-state index in [4.69, 9.17) is 10.4 Å². The molecule has 1 amide bonds. The van der Waals surface area contributed by atoms with Crippen molar-refractivity contribution in [3.63, 3.8) is 0 Å². The molecule has 0 saturated heterocycles. The molecule has 0 spiro atoms. The summed E-state index contributed by atoms with van der Waals surface area (Å²) in [5, 5.41) is 17.8. The Kier molecular flexibility index (Phi) is 5.85. The first-order chi connectivity index (χ1) is 11.9. The molecule has 6 heteroatoms. The standard InChI is InChI=1S/C19H19N3O3/c1-13(2)11-22(12-15-5-3-14(9-20)4-6-15)18(23)16-7-8-17(19(24)25)21-10-16/h3-8,10,13H,11-12H2,1-2H3,(H,24,25). The second-order valence-electron chi connectivity index (χ2n) is 6.13. The van der Waals surface area contributed by atoms with Crippen molar-refractivity contribution in [3.05, 3.63) is 65.0 Å². The van der Waals surface area contributed by atoms with Crippen LogP contribution in [-0.2, 0) is 6.54 Å². The maximum atomic E-state index is 12.8. The summed E-state index contributed by atoms with van der Waals surface area (Å²) in [5.41, 5.74) is 1.74. The van der Waals surface area contributed by atoms with E-state index in [-0.39, 0.29) is 17.5 Å². The highest BCUT2D eigenvalue weighted by Crippen LogP contribution is 2.13. The summed E-state index contributed by atoms with van der Waals surface area (Å²) in [4.78, 5) is 29.2. The van der Waals surface area contributed by atoms with E-state index in [0.717, 1.165) is 5.56 Å². The number of carboxylic acid groups (broad SMARTS) is 1. The number of amides is 1. The summed E-state index contributed by atoms with van der Waals surface area (Å²) in [7, 11) is 0. The van der Waals surface area contributed by atoms with E-state index in [2.05, 4.69) is 11.1 Å². The molecule has 0 saturated carbocycles. The fourth-order valence-electron chi connectivity index (χ4n) is 2.39. The summed E-state index contributed by atoms with van der Waals surface area (Å²) in [6, 6.07) is 12.0. The Bertz CT molecular complexity index is 790. The number of carbonyl (C=O) groups is 2. The lowest BCUT2D eigenvalue weighted by atomic mass is 10.1. The Balaban J connectivity index is 2.21. The van der Waals surface area contributed by atoms with Crippen molar-refractivity contribution in [2.75, 3.05) is 6.54 Å². The average molecular weight is 337 g/mol. The zero-order valence-electron chi connectivity index (χ0n) is 14.1. The lowest BCUT2D eigenvalue weighted by molar-refractivity contribution is 0.0684. The SMILES string of the molecule is CC(C)CN(Cc1ccc(C#N)cc1)C(=O)c1ccc(C(=O)O)nc1. The molecule has 0 aliphatic carbocycles. The van der Waals surface area contributed by atoms with Gasteiger partial charge in [-0.1, -0.05) is 26.0 Å². The van der Waals surface area contributed by atoms with Crippen LogP contribution >= 0.6 is 0 Å². The Morgan fingerprint density at radius 3 is 2.36 bits per heavy atom. The zero-order chi connectivity index (χ0) is 18.4. The van der Waals surface area contributed by atoms with Gasteiger partial charge in [0.05, 0.1) is 17.2 Å². The molecular weight excluding hydrogens is 318 g/mol. The van der Waals surface area contributed by atoms with Crippen molar-refractivity contribution >= 4 is 11.9 Å². The highest BCUT2D eigenvalue weighted by atomic mass is 16.4. The Morgan fingerprint density at radius 2 is 1.88 bits per heavy atom. The van der Waals surface area contributed by atoms with Gasteiger partial charge in [-0.2, -0.15) is 5.26 Å². The van der Waals surface area contributed by atoms with E-state index >= 15 is 0 Å². The van der Waals surface area contributed by atoms with Crippen molar-refractivity contribution < 1.29 is 14.7 Å². The van der Waals surface area contributed by atoms with Crippen LogP contribution in [0.2, 0.25) is 0 Å². The van der Waals surface area contributed by atoms with Gasteiger partial charge in [-0.3, -0.25) is 4.79 Å². The van der Waals surface area contributed by atoms with E-state index < -0.39 is 5.97 Å². The first-order valence-corrected chi connectivity index (χ1v) is 7.88. The van der Waals surface area contributed by atoms with E-state index in [1.54, 1.807) is 17.0 Å². The van der Waals surface area contributed by atoms with E-state index in [9.17, 15) is 9.59 Å². The molecule has 0 radical (unpaired) electrons. The maximum Gasteiger partial charge on any atom is 0.354 e. The molecule has 0 unspecified atom stereocenters. The number of carbonyl (C=O) groups excluding carboxylic acids is 1. The number of pyridine rings is 1. The minimum absolute atomic E-state index is 0.0981. The van der Waals surface area contributed by atoms with Crippen molar-refractivity contribution in [1.82, 2.24) is 9.88 Å². The maximum absolute atomic E-state index is 12.8. The summed E-state index contributed by atoms with van der Waals surface area (Å²) in [6.07, 6.45) is 1.29. The number of aromatic nitrogens is 1. The third kappa shape index (κ3) is 4.88. The first kappa shape index (κ1) is 18.1. The van der Waals surface area contributed by atoms with Crippen LogP contribution in [0.4, 0.5) is 0 Å². The fourth-order valence-corrected chi connectivity index (χ4v) is 2.39. The van der Waals surface area contributed by atoms with Crippen molar-refractivity contribution in [3.8, 4) is 6.07 Å². The molecule has 1 aromatic carbocycles. The van der Waals surface area contributed by atoms with E-state index in [1.165, 1.54) is 18.3 Å². The minimum atomic E-state index is -1.13. The summed E-state index contributed by atoms with van der Waals surface area (Å²) < 4.78 is 0. The molecular formula is C19H19N3O3. The number of rotatable bonds is 6. The van der Waals surface area contributed by atoms with Crippen LogP contribution in [0.5, 0.6) is 0 Å². The van der Waals surface area contributed by atoms with Crippen molar-refractivity contribution in [2.24, 2.45) is 5.92 Å². The molecule has 1 N–H and O–H groups in total. The number of nitriles is 1. The van der Waals surface area contributed by atoms with Crippen molar-refractivity contribution in [2.45, 2.75) is 20.4 Å². The molecule has 0 aliphatic rings. The smallest absolute Gasteiger partial charge is 0.354 e. The number of aromatic carboxylic acids is 1. The van der Waals surface area contributed by atoms with Gasteiger partial charge >= 0.3 is 5.97 Å². The van der Waals surface area contributed by atoms with Crippen LogP contribution < -0.4 is 0 Å². The summed E-state index contributed by atoms with van der Waals surface area (Å²) in [5.74, 6) is -1.06. The van der Waals surface area contributed by atoms with Gasteiger partial charge in [0.2, 0.25) is 0 Å². The molecule has 0 bridgehead atoms. The van der Waals surface area contributed by atoms with Crippen LogP contribution in [0.15, 0.2) is 42.6 Å². The number of carboxylic acids is 1. The second-order valence-corrected chi connectivity index (χ2v) is 6.13. The van der Waals surface area contributed by atoms with Crippen LogP contribution in [-0.4, -0.2) is 33.4 Å². The Hall–Kier alpha value is -3.20. The van der Waals surface area contributed by atoms with Gasteiger partial charge in [-0.15, -0.1) is 0 Å². The lowest BCUT2D eigenvalue weighted by Gasteiger charge is -2.25. The number of hydrogen-bond donors (Lipinski definition) is 1. The van der Waals surface area contributed by atoms with Crippen LogP contribution in [0, 0.1) is 17.2 Å². The van der Waals surface area contributed by atoms with Crippen LogP contribution in [0.25, 0.3) is 0 Å². The lowest BCUT2D eigenvalue weighted by Crippen LogP contribution is -2.33. The number of hydrogen-bond acceptors (Lipinski definition) is 4. The average Bonchev–Trinajstić information content (AvgIpc) is 2.61. The van der Waals surface area contributed by atoms with Gasteiger partial charge in [0.1, 0.15) is 5.69 Å². The van der Waals surface area contributed by atoms with Crippen LogP contribution in [0.3, 0.4) is 0 Å². The van der Waals surface area contributed by atoms with Crippen LogP contribution in [0.1, 0.15) is 45.8 Å². The van der Waals surface area contributed by atoms with Gasteiger partial charge in [-0.25, -0.2) is 9.78 Å². The molecule has 128 valence electrons. The van der Waals surface area contributed by atoms with Crippen molar-refractivity contribution in [1.29, 1.82) is 5.26 Å². The first-order valence-electron chi connectivity index (χ1n) is 7.88. The molecule has 6 nitrogen and oxygen atoms in total. The number of benzene rings is 1. The Morgan fingerprint density at radius 1 is 1.20 bits per heavy atom. The quantitative estimate of drug-likeness (QED) is 0.874. The highest BCUT2D eigenvalue weighted by molar-refractivity contribution is 5.94. The fraction of sp³-hybridized carbons (Fsp3) is 0.263. The Labute approximate surface area is 146 Å². The zero-order valence-corrected chi connectivity index (χ0v) is 14.1. The molecule has 2 aromatic rings. The topological polar surface area (TPSA) is 94.3 Å². The second kappa shape index (κ2) is 8.06. The molecule has 1 aromatic heterocycles. The molecule has 0 atom stereocenters. The largest absolute Gasteiger partial charge is 0.477 e.